The molecule has 0 aromatic heterocycles. The molecule has 5 nitrogen and oxygen atoms in total. The fraction of sp³-hybridized carbons (Fsp3) is 0.500. The Kier molecular flexibility index (Phi) is 3.62. The van der Waals surface area contributed by atoms with Crippen molar-refractivity contribution in [2.45, 2.75) is 17.7 Å². The predicted octanol–water partition coefficient (Wildman–Crippen LogP) is 1.30. The number of sulfonamides is 1. The molecule has 1 aliphatic heterocycles. The van der Waals surface area contributed by atoms with Gasteiger partial charge in [0.1, 0.15) is 0 Å². The number of hydrogen-bond donors (Lipinski definition) is 0. The number of Topliss-reactive ketones (excluding diaryl/α,β-unsaturated/α-hetero) is 1. The van der Waals surface area contributed by atoms with Gasteiger partial charge in [-0.2, -0.15) is 4.31 Å². The zero-order valence-electron chi connectivity index (χ0n) is 11.1. The van der Waals surface area contributed by atoms with Crippen molar-refractivity contribution in [3.8, 4) is 0 Å². The van der Waals surface area contributed by atoms with Crippen LogP contribution < -0.4 is 0 Å². The highest BCUT2D eigenvalue weighted by Crippen LogP contribution is 2.32. The number of morpholine rings is 1. The van der Waals surface area contributed by atoms with Crippen LogP contribution in [0.5, 0.6) is 0 Å². The van der Waals surface area contributed by atoms with E-state index in [1.165, 1.54) is 16.4 Å². The van der Waals surface area contributed by atoms with E-state index in [2.05, 4.69) is 0 Å². The SMILES string of the molecule is O=C(c1ccc(S(=O)(=O)N2CCOCC2)cc1)C1CC1. The van der Waals surface area contributed by atoms with Crippen molar-refractivity contribution in [1.82, 2.24) is 4.31 Å². The second-order valence-electron chi connectivity index (χ2n) is 5.18. The van der Waals surface area contributed by atoms with E-state index in [1.807, 2.05) is 0 Å². The van der Waals surface area contributed by atoms with Crippen LogP contribution in [0.15, 0.2) is 29.2 Å². The lowest BCUT2D eigenvalue weighted by molar-refractivity contribution is 0.0730. The first-order chi connectivity index (χ1) is 9.59. The molecule has 1 saturated heterocycles. The molecule has 0 spiro atoms. The van der Waals surface area contributed by atoms with Gasteiger partial charge < -0.3 is 4.74 Å². The Morgan fingerprint density at radius 2 is 1.70 bits per heavy atom. The first kappa shape index (κ1) is 13.7. The molecule has 0 bridgehead atoms. The number of rotatable bonds is 4. The van der Waals surface area contributed by atoms with Crippen LogP contribution in [0.4, 0.5) is 0 Å². The Morgan fingerprint density at radius 1 is 1.10 bits per heavy atom. The van der Waals surface area contributed by atoms with Crippen molar-refractivity contribution < 1.29 is 17.9 Å². The third kappa shape index (κ3) is 2.63. The molecule has 0 N–H and O–H groups in total. The summed E-state index contributed by atoms with van der Waals surface area (Å²) in [7, 11) is -3.47. The third-order valence-electron chi connectivity index (χ3n) is 3.69. The Hall–Kier alpha value is -1.24. The first-order valence-electron chi connectivity index (χ1n) is 6.81. The van der Waals surface area contributed by atoms with Crippen LogP contribution in [0.1, 0.15) is 23.2 Å². The van der Waals surface area contributed by atoms with E-state index in [0.29, 0.717) is 31.9 Å². The summed E-state index contributed by atoms with van der Waals surface area (Å²) in [6.45, 7) is 1.62. The molecule has 1 aromatic rings. The van der Waals surface area contributed by atoms with E-state index in [0.717, 1.165) is 12.8 Å². The van der Waals surface area contributed by atoms with Gasteiger partial charge >= 0.3 is 0 Å². The van der Waals surface area contributed by atoms with Crippen LogP contribution in [0.2, 0.25) is 0 Å². The molecule has 108 valence electrons. The maximum atomic E-state index is 12.4. The van der Waals surface area contributed by atoms with E-state index in [1.54, 1.807) is 12.1 Å². The quantitative estimate of drug-likeness (QED) is 0.785. The summed E-state index contributed by atoms with van der Waals surface area (Å²) in [5, 5.41) is 0. The molecule has 6 heteroatoms. The minimum atomic E-state index is -3.47. The van der Waals surface area contributed by atoms with Crippen LogP contribution >= 0.6 is 0 Å². The van der Waals surface area contributed by atoms with Gasteiger partial charge in [-0.3, -0.25) is 4.79 Å². The molecule has 1 saturated carbocycles. The highest BCUT2D eigenvalue weighted by atomic mass is 32.2. The lowest BCUT2D eigenvalue weighted by atomic mass is 10.1. The summed E-state index contributed by atoms with van der Waals surface area (Å²) in [4.78, 5) is 12.1. The minimum absolute atomic E-state index is 0.125. The van der Waals surface area contributed by atoms with Crippen molar-refractivity contribution in [2.24, 2.45) is 5.92 Å². The Labute approximate surface area is 118 Å². The highest BCUT2D eigenvalue weighted by Gasteiger charge is 2.31. The molecule has 0 unspecified atom stereocenters. The Balaban J connectivity index is 1.80. The van der Waals surface area contributed by atoms with Gasteiger partial charge in [0.2, 0.25) is 10.0 Å². The summed E-state index contributed by atoms with van der Waals surface area (Å²) >= 11 is 0. The topological polar surface area (TPSA) is 63.7 Å². The van der Waals surface area contributed by atoms with E-state index < -0.39 is 10.0 Å². The van der Waals surface area contributed by atoms with E-state index >= 15 is 0 Å². The number of hydrogen-bond acceptors (Lipinski definition) is 4. The molecule has 0 amide bonds. The lowest BCUT2D eigenvalue weighted by Crippen LogP contribution is -2.40. The molecular formula is C14H17NO4S. The second kappa shape index (κ2) is 5.27. The number of ether oxygens (including phenoxy) is 1. The maximum absolute atomic E-state index is 12.4. The molecular weight excluding hydrogens is 278 g/mol. The largest absolute Gasteiger partial charge is 0.379 e. The van der Waals surface area contributed by atoms with Gasteiger partial charge in [-0.1, -0.05) is 12.1 Å². The Bertz CT molecular complexity index is 599. The molecule has 0 radical (unpaired) electrons. The van der Waals surface area contributed by atoms with Crippen LogP contribution in [0.25, 0.3) is 0 Å². The van der Waals surface area contributed by atoms with Crippen molar-refractivity contribution in [3.63, 3.8) is 0 Å². The van der Waals surface area contributed by atoms with Gasteiger partial charge in [-0.25, -0.2) is 8.42 Å². The van der Waals surface area contributed by atoms with Crippen LogP contribution in [0.3, 0.4) is 0 Å². The van der Waals surface area contributed by atoms with E-state index in [-0.39, 0.29) is 16.6 Å². The maximum Gasteiger partial charge on any atom is 0.243 e. The van der Waals surface area contributed by atoms with Crippen molar-refractivity contribution in [3.05, 3.63) is 29.8 Å². The molecule has 2 aliphatic rings. The monoisotopic (exact) mass is 295 g/mol. The highest BCUT2D eigenvalue weighted by molar-refractivity contribution is 7.89. The molecule has 20 heavy (non-hydrogen) atoms. The molecule has 1 heterocycles. The lowest BCUT2D eigenvalue weighted by Gasteiger charge is -2.26. The van der Waals surface area contributed by atoms with Gasteiger partial charge in [0.15, 0.2) is 5.78 Å². The molecule has 1 aromatic carbocycles. The number of carbonyl (C=O) groups excluding carboxylic acids is 1. The number of ketones is 1. The van der Waals surface area contributed by atoms with Crippen molar-refractivity contribution in [2.75, 3.05) is 26.3 Å². The second-order valence-corrected chi connectivity index (χ2v) is 7.12. The van der Waals surface area contributed by atoms with Crippen LogP contribution in [-0.4, -0.2) is 44.8 Å². The predicted molar refractivity (Wildman–Crippen MR) is 73.1 cm³/mol. The van der Waals surface area contributed by atoms with E-state index in [9.17, 15) is 13.2 Å². The van der Waals surface area contributed by atoms with Gasteiger partial charge in [0.25, 0.3) is 0 Å². The summed E-state index contributed by atoms with van der Waals surface area (Å²) in [6, 6.07) is 6.29. The van der Waals surface area contributed by atoms with Gasteiger partial charge in [0, 0.05) is 24.6 Å². The van der Waals surface area contributed by atoms with Crippen molar-refractivity contribution >= 4 is 15.8 Å². The number of nitrogens with zero attached hydrogens (tertiary/aromatic N) is 1. The summed E-state index contributed by atoms with van der Waals surface area (Å²) in [5.74, 6) is 0.275. The molecule has 3 rings (SSSR count). The summed E-state index contributed by atoms with van der Waals surface area (Å²) < 4.78 is 31.4. The van der Waals surface area contributed by atoms with Crippen molar-refractivity contribution in [1.29, 1.82) is 0 Å². The average Bonchev–Trinajstić information content (AvgIpc) is 3.32. The zero-order chi connectivity index (χ0) is 14.2. The summed E-state index contributed by atoms with van der Waals surface area (Å²) in [5.41, 5.74) is 0.605. The fourth-order valence-corrected chi connectivity index (χ4v) is 3.72. The Morgan fingerprint density at radius 3 is 2.25 bits per heavy atom. The van der Waals surface area contributed by atoms with Gasteiger partial charge in [-0.15, -0.1) is 0 Å². The van der Waals surface area contributed by atoms with Gasteiger partial charge in [0.05, 0.1) is 18.1 Å². The fourth-order valence-electron chi connectivity index (χ4n) is 2.31. The number of benzene rings is 1. The number of carbonyl (C=O) groups is 1. The third-order valence-corrected chi connectivity index (χ3v) is 5.61. The summed E-state index contributed by atoms with van der Waals surface area (Å²) in [6.07, 6.45) is 1.90. The molecule has 1 aliphatic carbocycles. The standard InChI is InChI=1S/C14H17NO4S/c16-14(11-1-2-11)12-3-5-13(6-4-12)20(17,18)15-7-9-19-10-8-15/h3-6,11H,1-2,7-10H2. The molecule has 2 fully saturated rings. The average molecular weight is 295 g/mol. The zero-order valence-corrected chi connectivity index (χ0v) is 11.9. The van der Waals surface area contributed by atoms with Gasteiger partial charge in [-0.05, 0) is 25.0 Å². The minimum Gasteiger partial charge on any atom is -0.379 e. The van der Waals surface area contributed by atoms with E-state index in [4.69, 9.17) is 4.74 Å². The smallest absolute Gasteiger partial charge is 0.243 e. The normalized spacial score (nSPS) is 20.8. The molecule has 0 atom stereocenters. The van der Waals surface area contributed by atoms with Crippen LogP contribution in [0, 0.1) is 5.92 Å². The van der Waals surface area contributed by atoms with Crippen LogP contribution in [-0.2, 0) is 14.8 Å². The first-order valence-corrected chi connectivity index (χ1v) is 8.25.